The average molecular weight is 495 g/mol. The molecule has 1 unspecified atom stereocenters. The monoisotopic (exact) mass is 494 g/mol. The van der Waals surface area contributed by atoms with E-state index in [1.54, 1.807) is 6.20 Å². The van der Waals surface area contributed by atoms with E-state index in [0.717, 1.165) is 59.6 Å². The van der Waals surface area contributed by atoms with Crippen LogP contribution in [0.25, 0.3) is 10.6 Å². The van der Waals surface area contributed by atoms with E-state index in [0.29, 0.717) is 17.9 Å². The van der Waals surface area contributed by atoms with E-state index in [-0.39, 0.29) is 6.10 Å². The van der Waals surface area contributed by atoms with Crippen LogP contribution in [0.3, 0.4) is 0 Å². The number of rotatable bonds is 8. The van der Waals surface area contributed by atoms with Gasteiger partial charge in [0.1, 0.15) is 6.10 Å². The summed E-state index contributed by atoms with van der Waals surface area (Å²) in [5.74, 6) is 0.683. The SMILES string of the molecule is Cc1cc(-c2cnc(Nc3cnc(CN4CCC(N(C)C)C4)cn3)s2)nc(OC2CCCCC2)n1. The predicted octanol–water partition coefficient (Wildman–Crippen LogP) is 4.29. The van der Waals surface area contributed by atoms with E-state index in [9.17, 15) is 0 Å². The van der Waals surface area contributed by atoms with E-state index < -0.39 is 0 Å². The Labute approximate surface area is 211 Å². The fourth-order valence-corrected chi connectivity index (χ4v) is 5.50. The number of hydrogen-bond acceptors (Lipinski definition) is 10. The van der Waals surface area contributed by atoms with Crippen LogP contribution in [0.5, 0.6) is 6.01 Å². The van der Waals surface area contributed by atoms with E-state index in [4.69, 9.17) is 4.74 Å². The van der Waals surface area contributed by atoms with Crippen molar-refractivity contribution in [1.29, 1.82) is 0 Å². The molecule has 9 nitrogen and oxygen atoms in total. The first-order valence-corrected chi connectivity index (χ1v) is 13.3. The van der Waals surface area contributed by atoms with Crippen molar-refractivity contribution in [3.63, 3.8) is 0 Å². The molecule has 3 aromatic heterocycles. The third-order valence-electron chi connectivity index (χ3n) is 6.72. The molecule has 1 saturated heterocycles. The lowest BCUT2D eigenvalue weighted by atomic mass is 9.98. The van der Waals surface area contributed by atoms with E-state index in [1.165, 1.54) is 37.0 Å². The van der Waals surface area contributed by atoms with E-state index in [2.05, 4.69) is 54.1 Å². The van der Waals surface area contributed by atoms with Gasteiger partial charge in [0, 0.05) is 37.6 Å². The quantitative estimate of drug-likeness (QED) is 0.492. The number of aryl methyl sites for hydroxylation is 1. The highest BCUT2D eigenvalue weighted by Crippen LogP contribution is 2.31. The summed E-state index contributed by atoms with van der Waals surface area (Å²) in [4.78, 5) is 28.5. The second-order valence-corrected chi connectivity index (χ2v) is 10.8. The Morgan fingerprint density at radius 3 is 2.66 bits per heavy atom. The van der Waals surface area contributed by atoms with Crippen LogP contribution in [-0.4, -0.2) is 74.1 Å². The van der Waals surface area contributed by atoms with Crippen LogP contribution < -0.4 is 10.1 Å². The molecule has 4 heterocycles. The largest absolute Gasteiger partial charge is 0.460 e. The van der Waals surface area contributed by atoms with Crippen LogP contribution >= 0.6 is 11.3 Å². The number of anilines is 2. The van der Waals surface area contributed by atoms with Crippen molar-refractivity contribution in [3.05, 3.63) is 36.0 Å². The van der Waals surface area contributed by atoms with Crippen LogP contribution in [0.1, 0.15) is 49.9 Å². The first kappa shape index (κ1) is 24.0. The highest BCUT2D eigenvalue weighted by molar-refractivity contribution is 7.18. The number of likely N-dealkylation sites (N-methyl/N-ethyl adjacent to an activating group) is 1. The highest BCUT2D eigenvalue weighted by atomic mass is 32.1. The molecule has 0 bridgehead atoms. The van der Waals surface area contributed by atoms with Gasteiger partial charge in [0.05, 0.1) is 28.7 Å². The van der Waals surface area contributed by atoms with Crippen molar-refractivity contribution in [3.8, 4) is 16.6 Å². The number of ether oxygens (including phenoxy) is 1. The minimum Gasteiger partial charge on any atom is -0.460 e. The van der Waals surface area contributed by atoms with Gasteiger partial charge in [-0.15, -0.1) is 0 Å². The summed E-state index contributed by atoms with van der Waals surface area (Å²) >= 11 is 1.53. The van der Waals surface area contributed by atoms with Crippen LogP contribution in [0.15, 0.2) is 24.7 Å². The number of thiazole rings is 1. The minimum absolute atomic E-state index is 0.221. The Bertz CT molecular complexity index is 1110. The normalized spacial score (nSPS) is 19.4. The Kier molecular flexibility index (Phi) is 7.50. The molecule has 1 aliphatic carbocycles. The van der Waals surface area contributed by atoms with Crippen molar-refractivity contribution in [1.82, 2.24) is 34.7 Å². The summed E-state index contributed by atoms with van der Waals surface area (Å²) in [6, 6.07) is 3.06. The molecule has 10 heteroatoms. The predicted molar refractivity (Wildman–Crippen MR) is 138 cm³/mol. The zero-order valence-corrected chi connectivity index (χ0v) is 21.6. The van der Waals surface area contributed by atoms with Gasteiger partial charge < -0.3 is 15.0 Å². The molecule has 1 N–H and O–H groups in total. The molecule has 3 aromatic rings. The summed E-state index contributed by atoms with van der Waals surface area (Å²) < 4.78 is 6.10. The molecule has 1 atom stereocenters. The zero-order valence-electron chi connectivity index (χ0n) is 20.8. The van der Waals surface area contributed by atoms with Crippen LogP contribution in [0.2, 0.25) is 0 Å². The fraction of sp³-hybridized carbons (Fsp3) is 0.560. The van der Waals surface area contributed by atoms with Gasteiger partial charge in [0.25, 0.3) is 0 Å². The Balaban J connectivity index is 1.20. The third kappa shape index (κ3) is 6.31. The molecular formula is C25H34N8OS. The molecule has 0 radical (unpaired) electrons. The summed E-state index contributed by atoms with van der Waals surface area (Å²) in [5, 5.41) is 4.02. The lowest BCUT2D eigenvalue weighted by Gasteiger charge is -2.21. The fourth-order valence-electron chi connectivity index (χ4n) is 4.72. The average Bonchev–Trinajstić information content (AvgIpc) is 3.51. The number of nitrogens with one attached hydrogen (secondary N) is 1. The second kappa shape index (κ2) is 10.9. The maximum atomic E-state index is 6.10. The van der Waals surface area contributed by atoms with Gasteiger partial charge in [-0.05, 0) is 59.2 Å². The Morgan fingerprint density at radius 2 is 1.91 bits per heavy atom. The van der Waals surface area contributed by atoms with Gasteiger partial charge >= 0.3 is 6.01 Å². The molecule has 186 valence electrons. The number of likely N-dealkylation sites (tertiary alicyclic amines) is 1. The summed E-state index contributed by atoms with van der Waals surface area (Å²) in [5.41, 5.74) is 2.70. The summed E-state index contributed by atoms with van der Waals surface area (Å²) in [6.45, 7) is 4.98. The van der Waals surface area contributed by atoms with Gasteiger partial charge in [-0.2, -0.15) is 4.98 Å². The van der Waals surface area contributed by atoms with Crippen molar-refractivity contribution in [2.24, 2.45) is 0 Å². The van der Waals surface area contributed by atoms with Gasteiger partial charge in [0.2, 0.25) is 0 Å². The van der Waals surface area contributed by atoms with Gasteiger partial charge in [-0.25, -0.2) is 15.0 Å². The molecule has 5 rings (SSSR count). The molecule has 2 aliphatic rings. The molecule has 2 fully saturated rings. The Hall–Kier alpha value is -2.69. The van der Waals surface area contributed by atoms with Gasteiger partial charge in [-0.3, -0.25) is 9.88 Å². The number of hydrogen-bond donors (Lipinski definition) is 1. The first-order chi connectivity index (χ1) is 17.0. The number of aromatic nitrogens is 5. The molecule has 1 aliphatic heterocycles. The van der Waals surface area contributed by atoms with Crippen LogP contribution in [0, 0.1) is 6.92 Å². The first-order valence-electron chi connectivity index (χ1n) is 12.5. The van der Waals surface area contributed by atoms with Gasteiger partial charge in [-0.1, -0.05) is 17.8 Å². The highest BCUT2D eigenvalue weighted by Gasteiger charge is 2.24. The molecule has 0 aromatic carbocycles. The number of nitrogens with zero attached hydrogens (tertiary/aromatic N) is 7. The lowest BCUT2D eigenvalue weighted by Crippen LogP contribution is -2.31. The second-order valence-electron chi connectivity index (χ2n) is 9.74. The zero-order chi connectivity index (χ0) is 24.2. The maximum Gasteiger partial charge on any atom is 0.317 e. The molecule has 1 saturated carbocycles. The van der Waals surface area contributed by atoms with Crippen molar-refractivity contribution in [2.45, 2.75) is 64.1 Å². The smallest absolute Gasteiger partial charge is 0.317 e. The maximum absolute atomic E-state index is 6.10. The topological polar surface area (TPSA) is 92.2 Å². The minimum atomic E-state index is 0.221. The molecule has 0 spiro atoms. The van der Waals surface area contributed by atoms with Crippen molar-refractivity contribution < 1.29 is 4.74 Å². The standard InChI is InChI=1S/C25H34N8OS/c1-17-11-21(30-24(29-17)34-20-7-5-4-6-8-20)22-13-28-25(35-22)31-23-14-26-18(12-27-23)15-33-10-9-19(16-33)32(2)3/h11-14,19-20H,4-10,15-16H2,1-3H3,(H,27,28,31). The van der Waals surface area contributed by atoms with E-state index in [1.807, 2.05) is 25.4 Å². The van der Waals surface area contributed by atoms with Crippen molar-refractivity contribution in [2.75, 3.05) is 32.5 Å². The van der Waals surface area contributed by atoms with Gasteiger partial charge in [0.15, 0.2) is 10.9 Å². The summed E-state index contributed by atoms with van der Waals surface area (Å²) in [6.07, 6.45) is 12.8. The van der Waals surface area contributed by atoms with Crippen LogP contribution in [-0.2, 0) is 6.54 Å². The molecule has 35 heavy (non-hydrogen) atoms. The lowest BCUT2D eigenvalue weighted by molar-refractivity contribution is 0.142. The van der Waals surface area contributed by atoms with E-state index >= 15 is 0 Å². The summed E-state index contributed by atoms with van der Waals surface area (Å²) in [7, 11) is 4.29. The van der Waals surface area contributed by atoms with Crippen LogP contribution in [0.4, 0.5) is 10.9 Å². The third-order valence-corrected chi connectivity index (χ3v) is 7.66. The molecular weight excluding hydrogens is 460 g/mol. The van der Waals surface area contributed by atoms with Crippen molar-refractivity contribution >= 4 is 22.3 Å². The Morgan fingerprint density at radius 1 is 1.06 bits per heavy atom. The molecule has 0 amide bonds.